The van der Waals surface area contributed by atoms with Crippen molar-refractivity contribution in [1.29, 1.82) is 0 Å². The Bertz CT molecular complexity index is 731. The van der Waals surface area contributed by atoms with Crippen LogP contribution in [0.4, 0.5) is 13.2 Å². The Balaban J connectivity index is 1.83. The van der Waals surface area contributed by atoms with Gasteiger partial charge in [0.25, 0.3) is 0 Å². The van der Waals surface area contributed by atoms with E-state index in [0.717, 1.165) is 5.56 Å². The maximum Gasteiger partial charge on any atom is 0.471 e. The number of carbonyl (C=O) groups excluding carboxylic acids is 1. The van der Waals surface area contributed by atoms with Gasteiger partial charge in [-0.25, -0.2) is 0 Å². The molecule has 0 aliphatic heterocycles. The second kappa shape index (κ2) is 7.86. The number of halogens is 3. The number of benzene rings is 1. The van der Waals surface area contributed by atoms with Crippen LogP contribution in [0.3, 0.4) is 0 Å². The van der Waals surface area contributed by atoms with E-state index in [1.54, 1.807) is 12.1 Å². The average Bonchev–Trinajstić information content (AvgIpc) is 3.03. The number of methoxy groups -OCH3 is 2. The first kappa shape index (κ1) is 18.6. The normalized spacial score (nSPS) is 11.2. The van der Waals surface area contributed by atoms with Crippen LogP contribution in [0.2, 0.25) is 0 Å². The molecule has 7 nitrogen and oxygen atoms in total. The average molecular weight is 359 g/mol. The van der Waals surface area contributed by atoms with Crippen molar-refractivity contribution in [3.05, 3.63) is 35.5 Å². The zero-order valence-electron chi connectivity index (χ0n) is 13.5. The first-order chi connectivity index (χ1) is 11.8. The highest BCUT2D eigenvalue weighted by molar-refractivity contribution is 5.77. The highest BCUT2D eigenvalue weighted by Gasteiger charge is 2.38. The Morgan fingerprint density at radius 2 is 1.96 bits per heavy atom. The summed E-state index contributed by atoms with van der Waals surface area (Å²) in [6.45, 7) is 0.290. The summed E-state index contributed by atoms with van der Waals surface area (Å²) in [4.78, 5) is 14.9. The van der Waals surface area contributed by atoms with E-state index in [-0.39, 0.29) is 12.4 Å². The molecular weight excluding hydrogens is 343 g/mol. The molecule has 1 heterocycles. The molecule has 0 bridgehead atoms. The molecule has 0 radical (unpaired) electrons. The largest absolute Gasteiger partial charge is 0.493 e. The van der Waals surface area contributed by atoms with Gasteiger partial charge in [-0.15, -0.1) is 0 Å². The Kier molecular flexibility index (Phi) is 5.84. The van der Waals surface area contributed by atoms with E-state index < -0.39 is 24.4 Å². The van der Waals surface area contributed by atoms with Crippen LogP contribution in [0.1, 0.15) is 17.3 Å². The first-order valence-electron chi connectivity index (χ1n) is 7.21. The fourth-order valence-electron chi connectivity index (χ4n) is 2.03. The third-order valence-corrected chi connectivity index (χ3v) is 3.21. The minimum Gasteiger partial charge on any atom is -0.493 e. The molecule has 0 fully saturated rings. The number of amides is 1. The highest BCUT2D eigenvalue weighted by atomic mass is 19.4. The summed E-state index contributed by atoms with van der Waals surface area (Å²) < 4.78 is 51.4. The molecule has 0 aliphatic carbocycles. The van der Waals surface area contributed by atoms with E-state index in [2.05, 4.69) is 20.0 Å². The maximum absolute atomic E-state index is 12.3. The Morgan fingerprint density at radius 3 is 2.56 bits per heavy atom. The van der Waals surface area contributed by atoms with Crippen LogP contribution < -0.4 is 14.8 Å². The molecule has 136 valence electrons. The number of nitrogens with one attached hydrogen (secondary N) is 1. The first-order valence-corrected chi connectivity index (χ1v) is 7.21. The molecule has 25 heavy (non-hydrogen) atoms. The van der Waals surface area contributed by atoms with Crippen LogP contribution in [0, 0.1) is 0 Å². The van der Waals surface area contributed by atoms with Crippen molar-refractivity contribution in [2.24, 2.45) is 0 Å². The number of carbonyl (C=O) groups is 1. The van der Waals surface area contributed by atoms with Crippen molar-refractivity contribution in [1.82, 2.24) is 15.5 Å². The minimum absolute atomic E-state index is 0.290. The molecular formula is C15H16F3N3O4. The Morgan fingerprint density at radius 1 is 1.24 bits per heavy atom. The minimum atomic E-state index is -4.73. The van der Waals surface area contributed by atoms with Gasteiger partial charge in [0.2, 0.25) is 5.91 Å². The van der Waals surface area contributed by atoms with Gasteiger partial charge in [0, 0.05) is 6.54 Å². The van der Waals surface area contributed by atoms with Crippen LogP contribution >= 0.6 is 0 Å². The number of alkyl halides is 3. The lowest BCUT2D eigenvalue weighted by molar-refractivity contribution is -0.159. The van der Waals surface area contributed by atoms with Crippen molar-refractivity contribution < 1.29 is 32.0 Å². The zero-order valence-corrected chi connectivity index (χ0v) is 13.5. The summed E-state index contributed by atoms with van der Waals surface area (Å²) in [5, 5.41) is 5.71. The van der Waals surface area contributed by atoms with Crippen LogP contribution in [0.25, 0.3) is 0 Å². The number of nitrogens with zero attached hydrogens (tertiary/aromatic N) is 2. The number of aromatic nitrogens is 2. The quantitative estimate of drug-likeness (QED) is 0.814. The number of rotatable bonds is 7. The molecule has 0 saturated heterocycles. The van der Waals surface area contributed by atoms with Gasteiger partial charge in [-0.05, 0) is 24.1 Å². The second-order valence-electron chi connectivity index (χ2n) is 4.98. The number of hydrogen-bond acceptors (Lipinski definition) is 6. The third-order valence-electron chi connectivity index (χ3n) is 3.21. The smallest absolute Gasteiger partial charge is 0.471 e. The van der Waals surface area contributed by atoms with Crippen molar-refractivity contribution in [3.63, 3.8) is 0 Å². The molecule has 0 unspecified atom stereocenters. The van der Waals surface area contributed by atoms with E-state index >= 15 is 0 Å². The summed E-state index contributed by atoms with van der Waals surface area (Å²) in [6, 6.07) is 5.34. The standard InChI is InChI=1S/C15H16F3N3O4/c1-23-10-4-3-9(7-11(10)24-2)5-6-19-13(22)8-12-20-14(25-21-12)15(16,17)18/h3-4,7H,5-6,8H2,1-2H3,(H,19,22). The van der Waals surface area contributed by atoms with Gasteiger partial charge in [-0.1, -0.05) is 11.2 Å². The lowest BCUT2D eigenvalue weighted by atomic mass is 10.1. The van der Waals surface area contributed by atoms with Gasteiger partial charge in [0.1, 0.15) is 0 Å². The number of ether oxygens (including phenoxy) is 2. The van der Waals surface area contributed by atoms with Crippen molar-refractivity contribution in [2.75, 3.05) is 20.8 Å². The lowest BCUT2D eigenvalue weighted by Crippen LogP contribution is -2.27. The van der Waals surface area contributed by atoms with E-state index in [0.29, 0.717) is 17.9 Å². The van der Waals surface area contributed by atoms with Crippen molar-refractivity contribution >= 4 is 5.91 Å². The van der Waals surface area contributed by atoms with Gasteiger partial charge >= 0.3 is 12.1 Å². The molecule has 2 rings (SSSR count). The Hall–Kier alpha value is -2.78. The monoisotopic (exact) mass is 359 g/mol. The van der Waals surface area contributed by atoms with E-state index in [1.165, 1.54) is 14.2 Å². The van der Waals surface area contributed by atoms with E-state index in [1.807, 2.05) is 6.07 Å². The molecule has 0 saturated carbocycles. The molecule has 1 aromatic heterocycles. The van der Waals surface area contributed by atoms with Gasteiger partial charge in [-0.2, -0.15) is 18.2 Å². The summed E-state index contributed by atoms with van der Waals surface area (Å²) in [5.74, 6) is -1.14. The van der Waals surface area contributed by atoms with Crippen LogP contribution in [0.5, 0.6) is 11.5 Å². The molecule has 0 spiro atoms. The predicted molar refractivity (Wildman–Crippen MR) is 79.3 cm³/mol. The lowest BCUT2D eigenvalue weighted by Gasteiger charge is -2.10. The van der Waals surface area contributed by atoms with Crippen molar-refractivity contribution in [2.45, 2.75) is 19.0 Å². The van der Waals surface area contributed by atoms with Crippen molar-refractivity contribution in [3.8, 4) is 11.5 Å². The summed E-state index contributed by atoms with van der Waals surface area (Å²) in [7, 11) is 3.05. The molecule has 1 aromatic carbocycles. The molecule has 0 atom stereocenters. The fourth-order valence-corrected chi connectivity index (χ4v) is 2.03. The SMILES string of the molecule is COc1ccc(CCNC(=O)Cc2noc(C(F)(F)F)n2)cc1OC. The molecule has 0 aliphatic rings. The Labute approximate surface area is 141 Å². The fraction of sp³-hybridized carbons (Fsp3) is 0.400. The third kappa shape index (κ3) is 5.10. The molecule has 1 N–H and O–H groups in total. The summed E-state index contributed by atoms with van der Waals surface area (Å²) in [6.07, 6.45) is -4.62. The molecule has 10 heteroatoms. The van der Waals surface area contributed by atoms with Crippen LogP contribution in [-0.2, 0) is 23.8 Å². The molecule has 1 amide bonds. The second-order valence-corrected chi connectivity index (χ2v) is 4.98. The summed E-state index contributed by atoms with van der Waals surface area (Å²) >= 11 is 0. The predicted octanol–water partition coefficient (Wildman–Crippen LogP) is 2.01. The van der Waals surface area contributed by atoms with E-state index in [9.17, 15) is 18.0 Å². The maximum atomic E-state index is 12.3. The molecule has 2 aromatic rings. The van der Waals surface area contributed by atoms with Gasteiger partial charge < -0.3 is 19.3 Å². The number of hydrogen-bond donors (Lipinski definition) is 1. The highest BCUT2D eigenvalue weighted by Crippen LogP contribution is 2.28. The topological polar surface area (TPSA) is 86.5 Å². The van der Waals surface area contributed by atoms with Gasteiger partial charge in [0.05, 0.1) is 20.6 Å². The van der Waals surface area contributed by atoms with Crippen LogP contribution in [-0.4, -0.2) is 36.8 Å². The van der Waals surface area contributed by atoms with Crippen LogP contribution in [0.15, 0.2) is 22.7 Å². The summed E-state index contributed by atoms with van der Waals surface area (Å²) in [5.41, 5.74) is 0.900. The van der Waals surface area contributed by atoms with Gasteiger partial charge in [-0.3, -0.25) is 4.79 Å². The van der Waals surface area contributed by atoms with Gasteiger partial charge in [0.15, 0.2) is 17.3 Å². The zero-order chi connectivity index (χ0) is 18.4. The van der Waals surface area contributed by atoms with E-state index in [4.69, 9.17) is 9.47 Å².